The molecule has 5 aromatic rings. The quantitative estimate of drug-likeness (QED) is 0.00986. The lowest BCUT2D eigenvalue weighted by Crippen LogP contribution is -2.63. The second kappa shape index (κ2) is 43.1. The van der Waals surface area contributed by atoms with Crippen LogP contribution in [0.25, 0.3) is 10.9 Å². The maximum absolute atomic E-state index is 15.4. The van der Waals surface area contributed by atoms with Gasteiger partial charge in [-0.05, 0) is 132 Å². The number of unbranched alkanes of at least 4 members (excludes halogenated alkanes) is 2. The molecule has 32 heteroatoms. The summed E-state index contributed by atoms with van der Waals surface area (Å²) in [5, 5.41) is 48.3. The molecule has 0 spiro atoms. The Balaban J connectivity index is 0.837. The molecule has 4 aliphatic rings. The lowest BCUT2D eigenvalue weighted by atomic mass is 9.83. The average Bonchev–Trinajstić information content (AvgIpc) is 1.57. The van der Waals surface area contributed by atoms with E-state index in [1.54, 1.807) is 93.8 Å². The number of hydrogen-bond acceptors (Lipinski definition) is 22. The summed E-state index contributed by atoms with van der Waals surface area (Å²) < 4.78 is 29.7. The van der Waals surface area contributed by atoms with E-state index in [4.69, 9.17) is 41.0 Å². The van der Waals surface area contributed by atoms with Crippen LogP contribution in [0, 0.1) is 17.8 Å². The topological polar surface area (TPSA) is 410 Å². The summed E-state index contributed by atoms with van der Waals surface area (Å²) in [6.45, 7) is 8.62. The Morgan fingerprint density at radius 1 is 0.805 bits per heavy atom. The first-order chi connectivity index (χ1) is 56.3. The fraction of sp³-hybridized carbons (Fsp3) is 0.523. The molecule has 8 amide bonds. The molecule has 4 aliphatic heterocycles. The Labute approximate surface area is 701 Å². The number of likely N-dealkylation sites (N-methyl/N-ethyl adjacent to an activating group) is 2. The summed E-state index contributed by atoms with van der Waals surface area (Å²) in [6, 6.07) is 19.3. The molecular weight excluding hydrogens is 1580 g/mol. The van der Waals surface area contributed by atoms with Gasteiger partial charge in [0.15, 0.2) is 17.3 Å². The lowest BCUT2D eigenvalue weighted by Gasteiger charge is -2.42. The second-order valence-electron chi connectivity index (χ2n) is 31.4. The SMILES string of the molecule is COc1cc2cc(c1Cl)N(C)C(=O)C[C@H](OC(=O)[C@H](C)N(C)C(=O)CCSSCCC(=O)NCCCC[C@H]1C(=O)C[C@@H](Cc3ccc(O)cc3)C(=O)N[C@H](Cc3c[nH]c4ccccc34)C(=O)C[C@@H](CCCCN)C(=O)N[C@@H]([C@@H](C)O)C(=O)N[C@@H](Cc3ccccc3)C(=O)N1C)[C@]1(C)O[C@H]1[C@H](C)[C@@H]1C[C@@](O)(NC(=O)O1)[C@H](OC)/C=C/C=C(\C)C2. The number of alkyl carbamates (subject to hydrolysis) is 1. The first-order valence-corrected chi connectivity index (χ1v) is 43.0. The molecule has 118 heavy (non-hydrogen) atoms. The number of allylic oxidation sites excluding steroid dienone is 3. The fourth-order valence-electron chi connectivity index (χ4n) is 15.4. The molecule has 0 saturated carbocycles. The van der Waals surface area contributed by atoms with Crippen molar-refractivity contribution < 1.29 is 91.7 Å². The van der Waals surface area contributed by atoms with Crippen molar-refractivity contribution in [2.24, 2.45) is 23.5 Å². The van der Waals surface area contributed by atoms with Crippen LogP contribution in [0.1, 0.15) is 134 Å². The van der Waals surface area contributed by atoms with Gasteiger partial charge in [-0.1, -0.05) is 131 Å². The molecule has 3 fully saturated rings. The molecule has 15 atom stereocenters. The van der Waals surface area contributed by atoms with E-state index in [9.17, 15) is 53.7 Å². The zero-order valence-electron chi connectivity index (χ0n) is 68.6. The molecule has 11 N–H and O–H groups in total. The Bertz CT molecular complexity index is 4440. The number of epoxide rings is 1. The second-order valence-corrected chi connectivity index (χ2v) is 34.4. The van der Waals surface area contributed by atoms with Crippen LogP contribution < -0.4 is 42.0 Å². The minimum atomic E-state index is -1.91. The van der Waals surface area contributed by atoms with Crippen molar-refractivity contribution >= 4 is 115 Å². The highest BCUT2D eigenvalue weighted by atomic mass is 35.5. The molecule has 1 aromatic heterocycles. The van der Waals surface area contributed by atoms with Gasteiger partial charge in [-0.15, -0.1) is 0 Å². The van der Waals surface area contributed by atoms with Crippen molar-refractivity contribution in [1.29, 1.82) is 0 Å². The number of carbonyl (C=O) groups excluding carboxylic acids is 11. The predicted molar refractivity (Wildman–Crippen MR) is 449 cm³/mol. The van der Waals surface area contributed by atoms with E-state index in [1.807, 2.05) is 37.3 Å². The minimum Gasteiger partial charge on any atom is -0.508 e. The number of amides is 8. The van der Waals surface area contributed by atoms with Gasteiger partial charge in [0.05, 0.1) is 43.5 Å². The van der Waals surface area contributed by atoms with Gasteiger partial charge in [-0.3, -0.25) is 48.5 Å². The Hall–Kier alpha value is -9.34. The molecule has 0 unspecified atom stereocenters. The van der Waals surface area contributed by atoms with Gasteiger partial charge < -0.3 is 85.7 Å². The number of nitrogens with two attached hydrogens (primary N) is 1. The number of rotatable bonds is 28. The molecule has 29 nitrogen and oxygen atoms in total. The van der Waals surface area contributed by atoms with Crippen molar-refractivity contribution in [3.05, 3.63) is 148 Å². The number of phenolic OH excluding ortho intramolecular Hbond substituents is 1. The highest BCUT2D eigenvalue weighted by molar-refractivity contribution is 8.76. The van der Waals surface area contributed by atoms with E-state index in [1.165, 1.54) is 90.6 Å². The number of nitrogens with one attached hydrogen (secondary N) is 6. The third-order valence-electron chi connectivity index (χ3n) is 22.7. The number of aromatic nitrogens is 1. The Morgan fingerprint density at radius 3 is 2.18 bits per heavy atom. The zero-order valence-corrected chi connectivity index (χ0v) is 71.0. The van der Waals surface area contributed by atoms with Crippen LogP contribution >= 0.6 is 33.2 Å². The number of Topliss-reactive ketones (excluding diaryl/α,β-unsaturated/α-hetero) is 2. The third kappa shape index (κ3) is 24.7. The molecule has 3 saturated heterocycles. The van der Waals surface area contributed by atoms with E-state index in [0.29, 0.717) is 71.9 Å². The fourth-order valence-corrected chi connectivity index (χ4v) is 17.6. The van der Waals surface area contributed by atoms with E-state index in [-0.39, 0.29) is 87.4 Å². The van der Waals surface area contributed by atoms with Crippen molar-refractivity contribution in [2.75, 3.05) is 64.9 Å². The molecule has 9 rings (SSSR count). The first-order valence-electron chi connectivity index (χ1n) is 40.1. The van der Waals surface area contributed by atoms with Gasteiger partial charge in [0, 0.05) is 126 Å². The van der Waals surface area contributed by atoms with Crippen LogP contribution in [0.5, 0.6) is 11.5 Å². The van der Waals surface area contributed by atoms with Crippen LogP contribution in [-0.4, -0.2) is 227 Å². The number of anilines is 1. The summed E-state index contributed by atoms with van der Waals surface area (Å²) >= 11 is 6.88. The molecule has 0 aliphatic carbocycles. The third-order valence-corrected chi connectivity index (χ3v) is 25.4. The van der Waals surface area contributed by atoms with Crippen molar-refractivity contribution in [3.63, 3.8) is 0 Å². The monoisotopic (exact) mass is 1690 g/mol. The Kier molecular flexibility index (Phi) is 33.8. The van der Waals surface area contributed by atoms with Crippen LogP contribution in [0.3, 0.4) is 0 Å². The summed E-state index contributed by atoms with van der Waals surface area (Å²) in [5.74, 6) is -7.89. The van der Waals surface area contributed by atoms with Crippen molar-refractivity contribution in [1.82, 2.24) is 41.4 Å². The van der Waals surface area contributed by atoms with Crippen molar-refractivity contribution in [2.45, 2.75) is 209 Å². The molecular formula is C86H113ClN10O19S2. The van der Waals surface area contributed by atoms with Crippen LogP contribution in [0.2, 0.25) is 5.02 Å². The van der Waals surface area contributed by atoms with E-state index < -0.39 is 162 Å². The van der Waals surface area contributed by atoms with Crippen LogP contribution in [0.4, 0.5) is 10.5 Å². The summed E-state index contributed by atoms with van der Waals surface area (Å²) in [6.07, 6.45) is 1.27. The molecule has 5 heterocycles. The zero-order chi connectivity index (χ0) is 85.7. The summed E-state index contributed by atoms with van der Waals surface area (Å²) in [5.41, 5.74) is 7.26. The average molecular weight is 1690 g/mol. The first kappa shape index (κ1) is 92.5. The number of aromatic amines is 1. The molecule has 0 radical (unpaired) electrons. The van der Waals surface area contributed by atoms with E-state index in [0.717, 1.165) is 22.0 Å². The standard InChI is InChI=1S/C86H113ClN10O19S2/c1-50-21-20-28-71(113-10)86(111)48-70(114-84(110)94-86)51(2)78-85(5,116-78)72(47-75(104)96(7)66-42-56(39-50)43-69(112-9)76(66)87)115-83(109)52(3)95(6)74(103)34-38-118-117-37-33-73(102)89-36-19-17-27-65-68(101)46-58(40-55-29-31-60(99)32-30-55)80(106)91-63(44-59-49-90-62-26-15-14-25-61(59)62)67(100)45-57(24-16-18-35-88)79(105)93-77(53(4)98)81(107)92-64(82(108)97(65)8)41-54-22-12-11-13-23-54/h11-15,20-23,25-26,28-32,42-43,49,51-53,57-58,63-65,70-72,77-78,90,98-99,111H,16-19,24,27,33-41,44-48,88H2,1-10H3,(H,89,102)(H,91,106)(H,92,107)(H,93,105)(H,94,110)/b28-20+,50-21+/t51-,52+,53-,57-,58-,63-,64+,65+,70+,71-,72+,77+,78+,85+,86+/m1/s1. The molecule has 640 valence electrons. The number of phenols is 1. The number of benzene rings is 4. The highest BCUT2D eigenvalue weighted by Gasteiger charge is 2.65. The number of para-hydroxylation sites is 1. The predicted octanol–water partition coefficient (Wildman–Crippen LogP) is 7.83. The number of carbonyl (C=O) groups is 11. The van der Waals surface area contributed by atoms with Gasteiger partial charge in [0.2, 0.25) is 41.4 Å². The van der Waals surface area contributed by atoms with Crippen LogP contribution in [0.15, 0.2) is 121 Å². The van der Waals surface area contributed by atoms with Gasteiger partial charge in [0.25, 0.3) is 0 Å². The number of fused-ring (bicyclic) bond motifs is 6. The number of halogens is 1. The summed E-state index contributed by atoms with van der Waals surface area (Å²) in [7, 11) is 10.0. The van der Waals surface area contributed by atoms with E-state index in [2.05, 4.69) is 31.6 Å². The minimum absolute atomic E-state index is 0.00240. The van der Waals surface area contributed by atoms with Crippen LogP contribution in [-0.2, 0) is 92.6 Å². The number of esters is 1. The molecule has 4 aromatic carbocycles. The number of aliphatic hydroxyl groups excluding tert-OH is 1. The summed E-state index contributed by atoms with van der Waals surface area (Å²) in [4.78, 5) is 166. The van der Waals surface area contributed by atoms with Crippen molar-refractivity contribution in [3.8, 4) is 11.5 Å². The van der Waals surface area contributed by atoms with Gasteiger partial charge in [0.1, 0.15) is 58.6 Å². The number of aromatic hydroxyl groups is 1. The Morgan fingerprint density at radius 2 is 1.47 bits per heavy atom. The highest BCUT2D eigenvalue weighted by Crippen LogP contribution is 2.49. The lowest BCUT2D eigenvalue weighted by molar-refractivity contribution is -0.162. The number of aliphatic hydroxyl groups is 2. The number of nitrogens with zero attached hydrogens (tertiary/aromatic N) is 3. The number of hydrogen-bond donors (Lipinski definition) is 10. The number of ether oxygens (including phenoxy) is 5. The smallest absolute Gasteiger partial charge is 0.409 e. The maximum Gasteiger partial charge on any atom is 0.409 e. The number of methoxy groups -OCH3 is 2. The number of H-pyrrole nitrogens is 1. The maximum atomic E-state index is 15.4. The number of ketones is 2. The normalized spacial score (nSPS) is 26.5. The van der Waals surface area contributed by atoms with Gasteiger partial charge >= 0.3 is 12.1 Å². The van der Waals surface area contributed by atoms with E-state index >= 15 is 14.4 Å². The molecule has 4 bridgehead atoms. The van der Waals surface area contributed by atoms with Gasteiger partial charge in [-0.25, -0.2) is 9.59 Å². The van der Waals surface area contributed by atoms with Gasteiger partial charge in [-0.2, -0.15) is 0 Å². The largest absolute Gasteiger partial charge is 0.508 e.